The van der Waals surface area contributed by atoms with Crippen molar-refractivity contribution in [1.29, 1.82) is 0 Å². The molecule has 1 aromatic carbocycles. The van der Waals surface area contributed by atoms with Gasteiger partial charge in [-0.05, 0) is 12.5 Å². The number of phenols is 1. The maximum absolute atomic E-state index is 12.1. The number of rotatable bonds is 6. The predicted octanol–water partition coefficient (Wildman–Crippen LogP) is 1.67. The van der Waals surface area contributed by atoms with Crippen molar-refractivity contribution in [3.8, 4) is 11.5 Å². The topological polar surface area (TPSA) is 153 Å². The number of nitrogens with two attached hydrogens (primary N) is 1. The van der Waals surface area contributed by atoms with Gasteiger partial charge in [-0.2, -0.15) is 5.10 Å². The van der Waals surface area contributed by atoms with Crippen LogP contribution >= 0.6 is 11.3 Å². The molecule has 0 aliphatic carbocycles. The number of phenolic OH excluding ortho intramolecular Hbond substituents is 1. The zero-order valence-electron chi connectivity index (χ0n) is 13.3. The van der Waals surface area contributed by atoms with Crippen LogP contribution in [0.1, 0.15) is 27.9 Å². The van der Waals surface area contributed by atoms with Gasteiger partial charge in [0.05, 0.1) is 35.6 Å². The Morgan fingerprint density at radius 1 is 1.60 bits per heavy atom. The maximum Gasteiger partial charge on any atom is 0.283 e. The van der Waals surface area contributed by atoms with Gasteiger partial charge in [-0.25, -0.2) is 10.4 Å². The molecule has 0 aliphatic heterocycles. The summed E-state index contributed by atoms with van der Waals surface area (Å²) in [5.74, 6) is -0.854. The molecular formula is C14H15N5O5S. The van der Waals surface area contributed by atoms with Crippen molar-refractivity contribution in [2.75, 3.05) is 12.8 Å². The highest BCUT2D eigenvalue weighted by Gasteiger charge is 2.18. The number of aromatic hydroxyl groups is 1. The van der Waals surface area contributed by atoms with E-state index >= 15 is 0 Å². The molecule has 0 radical (unpaired) electrons. The number of thiazole rings is 1. The summed E-state index contributed by atoms with van der Waals surface area (Å²) in [6.45, 7) is 1.83. The molecule has 0 atom stereocenters. The number of benzene rings is 1. The first kappa shape index (κ1) is 18.1. The van der Waals surface area contributed by atoms with Crippen molar-refractivity contribution in [2.24, 2.45) is 5.10 Å². The Balaban J connectivity index is 2.23. The molecule has 132 valence electrons. The van der Waals surface area contributed by atoms with Gasteiger partial charge in [0.15, 0.2) is 16.6 Å². The minimum absolute atomic E-state index is 0.00290. The number of nitrogens with zero attached hydrogens (tertiary/aromatic N) is 3. The number of hydrazone groups is 1. The number of aryl methyl sites for hydroxylation is 1. The van der Waals surface area contributed by atoms with E-state index in [9.17, 15) is 20.0 Å². The Hall–Kier alpha value is -3.21. The third kappa shape index (κ3) is 4.01. The normalized spacial score (nSPS) is 10.8. The number of aromatic nitrogens is 1. The second-order valence-electron chi connectivity index (χ2n) is 4.72. The maximum atomic E-state index is 12.1. The van der Waals surface area contributed by atoms with Crippen molar-refractivity contribution >= 4 is 34.3 Å². The Morgan fingerprint density at radius 2 is 2.32 bits per heavy atom. The van der Waals surface area contributed by atoms with E-state index < -0.39 is 10.8 Å². The molecule has 0 fully saturated rings. The molecule has 0 spiro atoms. The van der Waals surface area contributed by atoms with Crippen molar-refractivity contribution in [1.82, 2.24) is 10.4 Å². The quantitative estimate of drug-likeness (QED) is 0.400. The molecule has 1 aromatic heterocycles. The lowest BCUT2D eigenvalue weighted by molar-refractivity contribution is -0.385. The standard InChI is InChI=1S/C14H15N5O5S/c1-3-8-12(25-14(15)17-8)13(21)18-16-6-7-4-10(20)11(24-2)5-9(7)19(22)23/h4-6,20H,3H2,1-2H3,(H2,15,17)(H,18,21)/b16-6-. The van der Waals surface area contributed by atoms with Gasteiger partial charge in [-0.1, -0.05) is 18.3 Å². The highest BCUT2D eigenvalue weighted by Crippen LogP contribution is 2.32. The fraction of sp³-hybridized carbons (Fsp3) is 0.214. The lowest BCUT2D eigenvalue weighted by atomic mass is 10.1. The lowest BCUT2D eigenvalue weighted by Gasteiger charge is -2.05. The van der Waals surface area contributed by atoms with E-state index in [1.54, 1.807) is 0 Å². The number of carbonyl (C=O) groups excluding carboxylic acids is 1. The van der Waals surface area contributed by atoms with Crippen molar-refractivity contribution in [2.45, 2.75) is 13.3 Å². The molecule has 4 N–H and O–H groups in total. The summed E-state index contributed by atoms with van der Waals surface area (Å²) < 4.78 is 4.83. The summed E-state index contributed by atoms with van der Waals surface area (Å²) in [6.07, 6.45) is 1.59. The Kier molecular flexibility index (Phi) is 5.49. The van der Waals surface area contributed by atoms with Crippen LogP contribution in [0.5, 0.6) is 11.5 Å². The number of anilines is 1. The molecule has 0 saturated heterocycles. The van der Waals surface area contributed by atoms with E-state index in [4.69, 9.17) is 10.5 Å². The molecule has 2 rings (SSSR count). The van der Waals surface area contributed by atoms with Crippen LogP contribution < -0.4 is 15.9 Å². The summed E-state index contributed by atoms with van der Waals surface area (Å²) in [5, 5.41) is 24.8. The van der Waals surface area contributed by atoms with Gasteiger partial charge < -0.3 is 15.6 Å². The Labute approximate surface area is 146 Å². The summed E-state index contributed by atoms with van der Waals surface area (Å²) in [7, 11) is 1.28. The summed E-state index contributed by atoms with van der Waals surface area (Å²) >= 11 is 1.02. The largest absolute Gasteiger partial charge is 0.504 e. The monoisotopic (exact) mass is 365 g/mol. The van der Waals surface area contributed by atoms with Crippen LogP contribution in [-0.4, -0.2) is 34.2 Å². The van der Waals surface area contributed by atoms with Gasteiger partial charge in [-0.3, -0.25) is 14.9 Å². The molecule has 0 saturated carbocycles. The Morgan fingerprint density at radius 3 is 2.92 bits per heavy atom. The summed E-state index contributed by atoms with van der Waals surface area (Å²) in [6, 6.07) is 2.19. The fourth-order valence-electron chi connectivity index (χ4n) is 2.00. The number of nitrogen functional groups attached to an aromatic ring is 1. The predicted molar refractivity (Wildman–Crippen MR) is 92.3 cm³/mol. The van der Waals surface area contributed by atoms with E-state index in [-0.39, 0.29) is 27.9 Å². The van der Waals surface area contributed by atoms with Gasteiger partial charge in [0.25, 0.3) is 11.6 Å². The second-order valence-corrected chi connectivity index (χ2v) is 5.75. The zero-order chi connectivity index (χ0) is 18.6. The van der Waals surface area contributed by atoms with E-state index in [1.807, 2.05) is 6.92 Å². The first-order chi connectivity index (χ1) is 11.9. The highest BCUT2D eigenvalue weighted by molar-refractivity contribution is 7.17. The average molecular weight is 365 g/mol. The third-order valence-corrected chi connectivity index (χ3v) is 4.08. The average Bonchev–Trinajstić information content (AvgIpc) is 2.95. The highest BCUT2D eigenvalue weighted by atomic mass is 32.1. The number of nitrogens with one attached hydrogen (secondary N) is 1. The van der Waals surface area contributed by atoms with Crippen LogP contribution in [0.3, 0.4) is 0 Å². The molecule has 11 heteroatoms. The molecule has 10 nitrogen and oxygen atoms in total. The first-order valence-corrected chi connectivity index (χ1v) is 7.83. The number of methoxy groups -OCH3 is 1. The third-order valence-electron chi connectivity index (χ3n) is 3.15. The van der Waals surface area contributed by atoms with E-state index in [0.29, 0.717) is 17.0 Å². The number of amides is 1. The van der Waals surface area contributed by atoms with Crippen molar-refractivity contribution < 1.29 is 19.6 Å². The van der Waals surface area contributed by atoms with Gasteiger partial charge >= 0.3 is 0 Å². The molecule has 0 bridgehead atoms. The smallest absolute Gasteiger partial charge is 0.283 e. The van der Waals surface area contributed by atoms with E-state index in [1.165, 1.54) is 7.11 Å². The van der Waals surface area contributed by atoms with Crippen LogP contribution in [0.15, 0.2) is 17.2 Å². The number of ether oxygens (including phenoxy) is 1. The number of nitro benzene ring substituents is 1. The van der Waals surface area contributed by atoms with Crippen LogP contribution in [0, 0.1) is 10.1 Å². The van der Waals surface area contributed by atoms with E-state index in [0.717, 1.165) is 29.7 Å². The van der Waals surface area contributed by atoms with Crippen LogP contribution in [0.4, 0.5) is 10.8 Å². The van der Waals surface area contributed by atoms with E-state index in [2.05, 4.69) is 15.5 Å². The molecule has 25 heavy (non-hydrogen) atoms. The second kappa shape index (κ2) is 7.57. The van der Waals surface area contributed by atoms with Crippen molar-refractivity contribution in [3.05, 3.63) is 38.4 Å². The molecule has 1 amide bonds. The fourth-order valence-corrected chi connectivity index (χ4v) is 2.81. The molecule has 1 heterocycles. The van der Waals surface area contributed by atoms with Crippen LogP contribution in [0.2, 0.25) is 0 Å². The number of nitro groups is 1. The number of hydrogen-bond acceptors (Lipinski definition) is 9. The van der Waals surface area contributed by atoms with Crippen molar-refractivity contribution in [3.63, 3.8) is 0 Å². The summed E-state index contributed by atoms with van der Waals surface area (Å²) in [5.41, 5.74) is 8.06. The van der Waals surface area contributed by atoms with Gasteiger partial charge in [0, 0.05) is 0 Å². The van der Waals surface area contributed by atoms with Gasteiger partial charge in [-0.15, -0.1) is 0 Å². The Bertz CT molecular complexity index is 848. The van der Waals surface area contributed by atoms with Crippen LogP contribution in [-0.2, 0) is 6.42 Å². The molecular weight excluding hydrogens is 350 g/mol. The number of hydrogen-bond donors (Lipinski definition) is 3. The SMILES string of the molecule is CCc1nc(N)sc1C(=O)N/N=C\c1cc(O)c(OC)cc1[N+](=O)[O-]. The number of carbonyl (C=O) groups is 1. The minimum Gasteiger partial charge on any atom is -0.504 e. The molecule has 2 aromatic rings. The molecule has 0 aliphatic rings. The van der Waals surface area contributed by atoms with Crippen LogP contribution in [0.25, 0.3) is 0 Å². The summed E-state index contributed by atoms with van der Waals surface area (Å²) in [4.78, 5) is 26.9. The molecule has 0 unspecified atom stereocenters. The van der Waals surface area contributed by atoms with Gasteiger partial charge in [0.2, 0.25) is 0 Å². The first-order valence-electron chi connectivity index (χ1n) is 7.01. The zero-order valence-corrected chi connectivity index (χ0v) is 14.2. The lowest BCUT2D eigenvalue weighted by Crippen LogP contribution is -2.18. The van der Waals surface area contributed by atoms with Gasteiger partial charge in [0.1, 0.15) is 4.88 Å². The minimum atomic E-state index is -0.649.